The van der Waals surface area contributed by atoms with Crippen LogP contribution in [0.1, 0.15) is 17.2 Å². The third-order valence-electron chi connectivity index (χ3n) is 3.05. The number of nitrogens with one attached hydrogen (secondary N) is 1. The molecule has 4 nitrogen and oxygen atoms in total. The lowest BCUT2D eigenvalue weighted by Gasteiger charge is -2.17. The standard InChI is InChI=1S/C15H15ClFNO3S/c16-13-8-11(6-7-14(13)17)10-22(20,21)18-15(9-19)12-4-2-1-3-5-12/h1-8,15,18-19H,9-10H2. The number of aliphatic hydroxyl groups excluding tert-OH is 1. The lowest BCUT2D eigenvalue weighted by molar-refractivity contribution is 0.259. The Morgan fingerprint density at radius 2 is 1.86 bits per heavy atom. The van der Waals surface area contributed by atoms with E-state index in [-0.39, 0.29) is 17.4 Å². The normalized spacial score (nSPS) is 13.0. The van der Waals surface area contributed by atoms with Gasteiger partial charge in [-0.1, -0.05) is 48.0 Å². The van der Waals surface area contributed by atoms with E-state index in [1.807, 2.05) is 0 Å². The summed E-state index contributed by atoms with van der Waals surface area (Å²) in [6, 6.07) is 11.8. The molecule has 118 valence electrons. The summed E-state index contributed by atoms with van der Waals surface area (Å²) in [6.07, 6.45) is 0. The van der Waals surface area contributed by atoms with E-state index in [2.05, 4.69) is 4.72 Å². The fourth-order valence-corrected chi connectivity index (χ4v) is 3.55. The lowest BCUT2D eigenvalue weighted by Crippen LogP contribution is -2.31. The van der Waals surface area contributed by atoms with Crippen LogP contribution in [-0.4, -0.2) is 20.1 Å². The van der Waals surface area contributed by atoms with Gasteiger partial charge in [0.1, 0.15) is 5.82 Å². The Kier molecular flexibility index (Phi) is 5.52. The second-order valence-corrected chi connectivity index (χ2v) is 6.93. The Morgan fingerprint density at radius 1 is 1.18 bits per heavy atom. The summed E-state index contributed by atoms with van der Waals surface area (Å²) in [5.74, 6) is -0.954. The van der Waals surface area contributed by atoms with Gasteiger partial charge in [-0.2, -0.15) is 0 Å². The van der Waals surface area contributed by atoms with E-state index in [1.54, 1.807) is 30.3 Å². The van der Waals surface area contributed by atoms with Crippen molar-refractivity contribution < 1.29 is 17.9 Å². The van der Waals surface area contributed by atoms with Gasteiger partial charge in [0.25, 0.3) is 0 Å². The van der Waals surface area contributed by atoms with Gasteiger partial charge in [-0.3, -0.25) is 0 Å². The molecule has 0 heterocycles. The van der Waals surface area contributed by atoms with Crippen LogP contribution in [0.15, 0.2) is 48.5 Å². The molecule has 0 radical (unpaired) electrons. The van der Waals surface area contributed by atoms with Crippen LogP contribution in [-0.2, 0) is 15.8 Å². The Balaban J connectivity index is 2.14. The summed E-state index contributed by atoms with van der Waals surface area (Å²) in [4.78, 5) is 0. The molecule has 0 amide bonds. The number of rotatable bonds is 6. The van der Waals surface area contributed by atoms with Crippen molar-refractivity contribution in [2.45, 2.75) is 11.8 Å². The molecule has 2 aromatic carbocycles. The molecule has 0 aliphatic carbocycles. The summed E-state index contributed by atoms with van der Waals surface area (Å²) < 4.78 is 39.9. The van der Waals surface area contributed by atoms with Gasteiger partial charge < -0.3 is 5.11 Å². The van der Waals surface area contributed by atoms with Crippen molar-refractivity contribution in [3.05, 3.63) is 70.5 Å². The third-order valence-corrected chi connectivity index (χ3v) is 4.69. The molecule has 0 fully saturated rings. The van der Waals surface area contributed by atoms with Crippen molar-refractivity contribution in [1.29, 1.82) is 0 Å². The van der Waals surface area contributed by atoms with Crippen molar-refractivity contribution in [1.82, 2.24) is 4.72 Å². The lowest BCUT2D eigenvalue weighted by atomic mass is 10.1. The Hall–Kier alpha value is -1.47. The second-order valence-electron chi connectivity index (χ2n) is 4.77. The highest BCUT2D eigenvalue weighted by atomic mass is 35.5. The van der Waals surface area contributed by atoms with Crippen LogP contribution in [0.3, 0.4) is 0 Å². The van der Waals surface area contributed by atoms with E-state index in [4.69, 9.17) is 11.6 Å². The highest BCUT2D eigenvalue weighted by molar-refractivity contribution is 7.88. The summed E-state index contributed by atoms with van der Waals surface area (Å²) in [7, 11) is -3.71. The maximum atomic E-state index is 13.1. The zero-order valence-electron chi connectivity index (χ0n) is 11.5. The maximum Gasteiger partial charge on any atom is 0.216 e. The Morgan fingerprint density at radius 3 is 2.45 bits per heavy atom. The minimum Gasteiger partial charge on any atom is -0.394 e. The molecule has 0 saturated heterocycles. The fraction of sp³-hybridized carbons (Fsp3) is 0.200. The van der Waals surface area contributed by atoms with Crippen LogP contribution < -0.4 is 4.72 Å². The zero-order chi connectivity index (χ0) is 16.2. The molecular formula is C15H15ClFNO3S. The smallest absolute Gasteiger partial charge is 0.216 e. The third kappa shape index (κ3) is 4.51. The number of halogens is 2. The van der Waals surface area contributed by atoms with E-state index < -0.39 is 21.9 Å². The van der Waals surface area contributed by atoms with Gasteiger partial charge in [0.05, 0.1) is 23.4 Å². The summed E-state index contributed by atoms with van der Waals surface area (Å²) in [5, 5.41) is 9.26. The van der Waals surface area contributed by atoms with Crippen molar-refractivity contribution in [3.63, 3.8) is 0 Å². The highest BCUT2D eigenvalue weighted by Crippen LogP contribution is 2.19. The minimum absolute atomic E-state index is 0.130. The number of aliphatic hydroxyl groups is 1. The van der Waals surface area contributed by atoms with E-state index >= 15 is 0 Å². The molecule has 2 rings (SSSR count). The summed E-state index contributed by atoms with van der Waals surface area (Å²) in [6.45, 7) is -0.368. The molecule has 0 spiro atoms. The van der Waals surface area contributed by atoms with Crippen LogP contribution in [0.5, 0.6) is 0 Å². The summed E-state index contributed by atoms with van der Waals surface area (Å²) >= 11 is 5.64. The SMILES string of the molecule is O=S(=O)(Cc1ccc(F)c(Cl)c1)NC(CO)c1ccccc1. The molecule has 0 saturated carbocycles. The Bertz CT molecular complexity index is 738. The van der Waals surface area contributed by atoms with Crippen LogP contribution in [0.2, 0.25) is 5.02 Å². The molecule has 1 unspecified atom stereocenters. The predicted octanol–water partition coefficient (Wildman–Crippen LogP) is 2.63. The van der Waals surface area contributed by atoms with Crippen LogP contribution in [0, 0.1) is 5.82 Å². The van der Waals surface area contributed by atoms with Crippen molar-refractivity contribution >= 4 is 21.6 Å². The average Bonchev–Trinajstić information content (AvgIpc) is 2.49. The quantitative estimate of drug-likeness (QED) is 0.847. The first-order valence-electron chi connectivity index (χ1n) is 6.51. The topological polar surface area (TPSA) is 66.4 Å². The van der Waals surface area contributed by atoms with E-state index in [0.29, 0.717) is 11.1 Å². The highest BCUT2D eigenvalue weighted by Gasteiger charge is 2.19. The monoisotopic (exact) mass is 343 g/mol. The van der Waals surface area contributed by atoms with Gasteiger partial charge in [-0.15, -0.1) is 0 Å². The van der Waals surface area contributed by atoms with Crippen LogP contribution in [0.4, 0.5) is 4.39 Å². The van der Waals surface area contributed by atoms with Gasteiger partial charge in [-0.05, 0) is 23.3 Å². The number of hydrogen-bond acceptors (Lipinski definition) is 3. The predicted molar refractivity (Wildman–Crippen MR) is 83.4 cm³/mol. The minimum atomic E-state index is -3.71. The molecule has 1 atom stereocenters. The molecule has 7 heteroatoms. The molecular weight excluding hydrogens is 329 g/mol. The molecule has 0 aliphatic rings. The Labute approximate surface area is 133 Å². The van der Waals surface area contributed by atoms with Gasteiger partial charge in [0.2, 0.25) is 10.0 Å². The van der Waals surface area contributed by atoms with Crippen molar-refractivity contribution in [3.8, 4) is 0 Å². The fourth-order valence-electron chi connectivity index (χ4n) is 2.00. The largest absolute Gasteiger partial charge is 0.394 e. The number of sulfonamides is 1. The van der Waals surface area contributed by atoms with E-state index in [0.717, 1.165) is 6.07 Å². The first-order valence-corrected chi connectivity index (χ1v) is 8.54. The zero-order valence-corrected chi connectivity index (χ0v) is 13.1. The van der Waals surface area contributed by atoms with Crippen LogP contribution in [0.25, 0.3) is 0 Å². The van der Waals surface area contributed by atoms with Gasteiger partial charge in [-0.25, -0.2) is 17.5 Å². The molecule has 0 aliphatic heterocycles. The first-order chi connectivity index (χ1) is 10.4. The molecule has 0 bridgehead atoms. The molecule has 2 N–H and O–H groups in total. The molecule has 0 aromatic heterocycles. The second kappa shape index (κ2) is 7.19. The van der Waals surface area contributed by atoms with Gasteiger partial charge >= 0.3 is 0 Å². The average molecular weight is 344 g/mol. The number of hydrogen-bond donors (Lipinski definition) is 2. The van der Waals surface area contributed by atoms with E-state index in [9.17, 15) is 17.9 Å². The molecule has 22 heavy (non-hydrogen) atoms. The molecule has 2 aromatic rings. The van der Waals surface area contributed by atoms with Gasteiger partial charge in [0.15, 0.2) is 0 Å². The van der Waals surface area contributed by atoms with Crippen molar-refractivity contribution in [2.75, 3.05) is 6.61 Å². The summed E-state index contributed by atoms with van der Waals surface area (Å²) in [5.41, 5.74) is 1.02. The van der Waals surface area contributed by atoms with Gasteiger partial charge in [0, 0.05) is 0 Å². The van der Waals surface area contributed by atoms with Crippen LogP contribution >= 0.6 is 11.6 Å². The maximum absolute atomic E-state index is 13.1. The van der Waals surface area contributed by atoms with E-state index in [1.165, 1.54) is 12.1 Å². The van der Waals surface area contributed by atoms with Crippen molar-refractivity contribution in [2.24, 2.45) is 0 Å². The number of benzene rings is 2. The first kappa shape index (κ1) is 16.9.